The molecular weight excluding hydrogens is 260 g/mol. The molecule has 94 valence electrons. The summed E-state index contributed by atoms with van der Waals surface area (Å²) in [6.45, 7) is 3.41. The molecule has 6 heteroatoms. The van der Waals surface area contributed by atoms with Crippen molar-refractivity contribution in [3.8, 4) is 0 Å². The number of thioether (sulfide) groups is 1. The fraction of sp³-hybridized carbons (Fsp3) is 0.455. The van der Waals surface area contributed by atoms with Crippen molar-refractivity contribution in [1.29, 1.82) is 0 Å². The predicted molar refractivity (Wildman–Crippen MR) is 72.8 cm³/mol. The molecule has 4 nitrogen and oxygen atoms in total. The van der Waals surface area contributed by atoms with Gasteiger partial charge in [-0.1, -0.05) is 18.5 Å². The Morgan fingerprint density at radius 1 is 1.59 bits per heavy atom. The summed E-state index contributed by atoms with van der Waals surface area (Å²) in [6, 6.07) is 4.75. The number of halogens is 1. The summed E-state index contributed by atoms with van der Waals surface area (Å²) < 4.78 is 0. The van der Waals surface area contributed by atoms with Gasteiger partial charge < -0.3 is 5.32 Å². The predicted octanol–water partition coefficient (Wildman–Crippen LogP) is 3.09. The lowest BCUT2D eigenvalue weighted by Gasteiger charge is -2.10. The summed E-state index contributed by atoms with van der Waals surface area (Å²) in [5.41, 5.74) is 0.731. The summed E-state index contributed by atoms with van der Waals surface area (Å²) >= 11 is 7.50. The molecule has 0 aromatic heterocycles. The molecule has 0 saturated carbocycles. The van der Waals surface area contributed by atoms with Gasteiger partial charge in [-0.25, -0.2) is 0 Å². The van der Waals surface area contributed by atoms with Crippen LogP contribution >= 0.6 is 23.4 Å². The summed E-state index contributed by atoms with van der Waals surface area (Å²) in [5.74, 6) is 0. The van der Waals surface area contributed by atoms with Crippen molar-refractivity contribution < 1.29 is 4.92 Å². The van der Waals surface area contributed by atoms with Crippen LogP contribution in [0.2, 0.25) is 5.02 Å². The minimum atomic E-state index is -0.402. The lowest BCUT2D eigenvalue weighted by atomic mass is 10.2. The molecule has 0 bridgehead atoms. The molecule has 1 atom stereocenters. The van der Waals surface area contributed by atoms with Crippen molar-refractivity contribution in [3.05, 3.63) is 38.9 Å². The SMILES string of the molecule is CSC(C)CNCc1ccc(Cl)cc1[N+](=O)[O-]. The first-order valence-corrected chi connectivity index (χ1v) is 6.87. The monoisotopic (exact) mass is 274 g/mol. The molecule has 17 heavy (non-hydrogen) atoms. The van der Waals surface area contributed by atoms with Crippen molar-refractivity contribution in [2.45, 2.75) is 18.7 Å². The van der Waals surface area contributed by atoms with Crippen LogP contribution in [0.15, 0.2) is 18.2 Å². The van der Waals surface area contributed by atoms with Gasteiger partial charge >= 0.3 is 0 Å². The average Bonchev–Trinajstić information content (AvgIpc) is 2.30. The maximum atomic E-state index is 10.8. The average molecular weight is 275 g/mol. The number of nitro groups is 1. The Kier molecular flexibility index (Phi) is 5.74. The first-order valence-electron chi connectivity index (χ1n) is 5.21. The van der Waals surface area contributed by atoms with Crippen molar-refractivity contribution in [2.24, 2.45) is 0 Å². The maximum Gasteiger partial charge on any atom is 0.275 e. The summed E-state index contributed by atoms with van der Waals surface area (Å²) in [5, 5.41) is 14.9. The molecule has 0 heterocycles. The van der Waals surface area contributed by atoms with Crippen molar-refractivity contribution >= 4 is 29.1 Å². The van der Waals surface area contributed by atoms with E-state index in [1.165, 1.54) is 6.07 Å². The molecule has 0 saturated heterocycles. The summed E-state index contributed by atoms with van der Waals surface area (Å²) in [4.78, 5) is 10.4. The summed E-state index contributed by atoms with van der Waals surface area (Å²) in [7, 11) is 0. The van der Waals surface area contributed by atoms with Gasteiger partial charge in [0.05, 0.1) is 4.92 Å². The first-order chi connectivity index (χ1) is 8.04. The van der Waals surface area contributed by atoms with E-state index in [0.29, 0.717) is 22.4 Å². The van der Waals surface area contributed by atoms with Crippen LogP contribution < -0.4 is 5.32 Å². The standard InChI is InChI=1S/C11H15ClN2O2S/c1-8(17-2)6-13-7-9-3-4-10(12)5-11(9)14(15)16/h3-5,8,13H,6-7H2,1-2H3. The molecule has 0 aliphatic heterocycles. The highest BCUT2D eigenvalue weighted by Gasteiger charge is 2.13. The third-order valence-electron chi connectivity index (χ3n) is 2.39. The number of hydrogen-bond donors (Lipinski definition) is 1. The van der Waals surface area contributed by atoms with Crippen molar-refractivity contribution in [1.82, 2.24) is 5.32 Å². The Labute approximate surface area is 110 Å². The molecule has 1 rings (SSSR count). The lowest BCUT2D eigenvalue weighted by Crippen LogP contribution is -2.22. The molecule has 0 amide bonds. The highest BCUT2D eigenvalue weighted by atomic mass is 35.5. The molecule has 0 aliphatic rings. The number of benzene rings is 1. The summed E-state index contributed by atoms with van der Waals surface area (Å²) in [6.07, 6.45) is 2.04. The van der Waals surface area contributed by atoms with E-state index < -0.39 is 4.92 Å². The normalized spacial score (nSPS) is 12.4. The molecular formula is C11H15ClN2O2S. The van der Waals surface area contributed by atoms with Crippen LogP contribution in [0, 0.1) is 10.1 Å². The second kappa shape index (κ2) is 6.83. The highest BCUT2D eigenvalue weighted by Crippen LogP contribution is 2.23. The van der Waals surface area contributed by atoms with Gasteiger partial charge in [0.15, 0.2) is 0 Å². The van der Waals surface area contributed by atoms with Crippen LogP contribution in [-0.2, 0) is 6.54 Å². The largest absolute Gasteiger partial charge is 0.311 e. The number of nitrogens with one attached hydrogen (secondary N) is 1. The molecule has 0 radical (unpaired) electrons. The van der Waals surface area contributed by atoms with Gasteiger partial charge in [0, 0.05) is 35.0 Å². The van der Waals surface area contributed by atoms with Crippen molar-refractivity contribution in [3.63, 3.8) is 0 Å². The molecule has 0 spiro atoms. The van der Waals surface area contributed by atoms with E-state index in [2.05, 4.69) is 12.2 Å². The molecule has 1 N–H and O–H groups in total. The zero-order chi connectivity index (χ0) is 12.8. The van der Waals surface area contributed by atoms with Gasteiger partial charge in [0.2, 0.25) is 0 Å². The number of nitro benzene ring substituents is 1. The minimum absolute atomic E-state index is 0.0711. The van der Waals surface area contributed by atoms with Gasteiger partial charge in [-0.05, 0) is 18.4 Å². The van der Waals surface area contributed by atoms with E-state index in [0.717, 1.165) is 6.54 Å². The van der Waals surface area contributed by atoms with Gasteiger partial charge in [-0.3, -0.25) is 10.1 Å². The Balaban J connectivity index is 2.67. The lowest BCUT2D eigenvalue weighted by molar-refractivity contribution is -0.385. The Morgan fingerprint density at radius 2 is 2.29 bits per heavy atom. The fourth-order valence-corrected chi connectivity index (χ4v) is 1.80. The van der Waals surface area contributed by atoms with E-state index in [-0.39, 0.29) is 5.69 Å². The van der Waals surface area contributed by atoms with E-state index in [4.69, 9.17) is 11.6 Å². The van der Waals surface area contributed by atoms with Gasteiger partial charge in [-0.2, -0.15) is 11.8 Å². The topological polar surface area (TPSA) is 55.2 Å². The van der Waals surface area contributed by atoms with Gasteiger partial charge in [0.1, 0.15) is 0 Å². The third-order valence-corrected chi connectivity index (χ3v) is 3.60. The smallest absolute Gasteiger partial charge is 0.275 e. The van der Waals surface area contributed by atoms with Crippen molar-refractivity contribution in [2.75, 3.05) is 12.8 Å². The molecule has 1 aromatic rings. The van der Waals surface area contributed by atoms with E-state index in [9.17, 15) is 10.1 Å². The number of rotatable bonds is 6. The van der Waals surface area contributed by atoms with Crippen LogP contribution in [0.4, 0.5) is 5.69 Å². The first kappa shape index (κ1) is 14.3. The molecule has 0 fully saturated rings. The van der Waals surface area contributed by atoms with Crippen LogP contribution in [0.25, 0.3) is 0 Å². The molecule has 0 aliphatic carbocycles. The van der Waals surface area contributed by atoms with Crippen LogP contribution in [0.3, 0.4) is 0 Å². The Hall–Kier alpha value is -0.780. The van der Waals surface area contributed by atoms with E-state index in [1.54, 1.807) is 23.9 Å². The quantitative estimate of drug-likeness (QED) is 0.640. The second-order valence-electron chi connectivity index (χ2n) is 3.71. The maximum absolute atomic E-state index is 10.8. The van der Waals surface area contributed by atoms with Crippen LogP contribution in [-0.4, -0.2) is 23.0 Å². The third kappa shape index (κ3) is 4.53. The zero-order valence-electron chi connectivity index (χ0n) is 9.77. The number of hydrogen-bond acceptors (Lipinski definition) is 4. The molecule has 1 aromatic carbocycles. The van der Waals surface area contributed by atoms with Crippen LogP contribution in [0.1, 0.15) is 12.5 Å². The van der Waals surface area contributed by atoms with Gasteiger partial charge in [-0.15, -0.1) is 0 Å². The second-order valence-corrected chi connectivity index (χ2v) is 5.42. The Morgan fingerprint density at radius 3 is 2.88 bits per heavy atom. The minimum Gasteiger partial charge on any atom is -0.311 e. The fourth-order valence-electron chi connectivity index (χ4n) is 1.35. The molecule has 1 unspecified atom stereocenters. The zero-order valence-corrected chi connectivity index (χ0v) is 11.3. The number of nitrogens with zero attached hydrogens (tertiary/aromatic N) is 1. The van der Waals surface area contributed by atoms with E-state index >= 15 is 0 Å². The van der Waals surface area contributed by atoms with Gasteiger partial charge in [0.25, 0.3) is 5.69 Å². The Bertz CT molecular complexity index is 401. The van der Waals surface area contributed by atoms with Crippen LogP contribution in [0.5, 0.6) is 0 Å². The van der Waals surface area contributed by atoms with E-state index in [1.807, 2.05) is 6.26 Å². The highest BCUT2D eigenvalue weighted by molar-refractivity contribution is 7.99.